The molecule has 1 aromatic heterocycles. The summed E-state index contributed by atoms with van der Waals surface area (Å²) in [6.07, 6.45) is 3.33. The molecule has 32 heavy (non-hydrogen) atoms. The van der Waals surface area contributed by atoms with Gasteiger partial charge in [-0.3, -0.25) is 9.36 Å². The number of fused-ring (bicyclic) bond motifs is 1. The number of aromatic nitrogens is 1. The van der Waals surface area contributed by atoms with Gasteiger partial charge < -0.3 is 5.32 Å². The quantitative estimate of drug-likeness (QED) is 0.489. The van der Waals surface area contributed by atoms with Crippen LogP contribution in [0, 0.1) is 5.82 Å². The van der Waals surface area contributed by atoms with Gasteiger partial charge in [0, 0.05) is 11.9 Å². The molecule has 1 aliphatic rings. The topological polar surface area (TPSA) is 97.3 Å². The lowest BCUT2D eigenvalue weighted by Gasteiger charge is -2.12. The van der Waals surface area contributed by atoms with Crippen LogP contribution in [0.5, 0.6) is 0 Å². The molecule has 0 spiro atoms. The molecule has 0 saturated heterocycles. The number of allylic oxidation sites excluding steroid dienone is 1. The maximum Gasteiger partial charge on any atom is 0.333 e. The van der Waals surface area contributed by atoms with E-state index < -0.39 is 32.1 Å². The van der Waals surface area contributed by atoms with E-state index in [-0.39, 0.29) is 20.3 Å². The molecule has 2 heterocycles. The Hall–Kier alpha value is -2.53. The van der Waals surface area contributed by atoms with Crippen molar-refractivity contribution in [3.63, 3.8) is 0 Å². The van der Waals surface area contributed by atoms with Gasteiger partial charge >= 0.3 is 6.03 Å². The molecule has 1 unspecified atom stereocenters. The third-order valence-electron chi connectivity index (χ3n) is 4.54. The average Bonchev–Trinajstić information content (AvgIpc) is 3.16. The smallest absolute Gasteiger partial charge is 0.307 e. The molecule has 0 aliphatic carbocycles. The number of anilines is 1. The van der Waals surface area contributed by atoms with E-state index in [4.69, 9.17) is 23.2 Å². The van der Waals surface area contributed by atoms with Crippen molar-refractivity contribution in [2.45, 2.75) is 11.1 Å². The SMILES string of the molecule is O=C(Nc1ccc(-n2ccc3ccc(F)cc3c2=O)c(Cl)c1)NS(=O)(=O)C1=CCC(Cl)S1. The van der Waals surface area contributed by atoms with E-state index >= 15 is 0 Å². The van der Waals surface area contributed by atoms with E-state index in [1.54, 1.807) is 6.07 Å². The zero-order valence-electron chi connectivity index (χ0n) is 16.0. The van der Waals surface area contributed by atoms with E-state index in [1.165, 1.54) is 47.2 Å². The lowest BCUT2D eigenvalue weighted by atomic mass is 10.1. The number of hydrogen-bond acceptors (Lipinski definition) is 5. The van der Waals surface area contributed by atoms with Crippen molar-refractivity contribution in [3.8, 4) is 5.69 Å². The molecule has 0 saturated carbocycles. The Kier molecular flexibility index (Phi) is 6.22. The van der Waals surface area contributed by atoms with Crippen molar-refractivity contribution in [1.82, 2.24) is 9.29 Å². The second-order valence-corrected chi connectivity index (χ2v) is 11.1. The first-order valence-electron chi connectivity index (χ1n) is 9.09. The van der Waals surface area contributed by atoms with Crippen molar-refractivity contribution in [2.24, 2.45) is 0 Å². The molecule has 4 rings (SSSR count). The summed E-state index contributed by atoms with van der Waals surface area (Å²) in [5, 5.41) is 3.27. The van der Waals surface area contributed by atoms with Crippen molar-refractivity contribution < 1.29 is 17.6 Å². The summed E-state index contributed by atoms with van der Waals surface area (Å²) in [4.78, 5) is 24.9. The highest BCUT2D eigenvalue weighted by atomic mass is 35.5. The highest BCUT2D eigenvalue weighted by Gasteiger charge is 2.27. The Bertz CT molecular complexity index is 1440. The monoisotopic (exact) mass is 513 g/mol. The van der Waals surface area contributed by atoms with Crippen molar-refractivity contribution in [1.29, 1.82) is 0 Å². The maximum atomic E-state index is 13.6. The van der Waals surface area contributed by atoms with Gasteiger partial charge in [0.05, 0.1) is 20.8 Å². The van der Waals surface area contributed by atoms with Gasteiger partial charge in [-0.2, -0.15) is 0 Å². The Morgan fingerprint density at radius 3 is 2.66 bits per heavy atom. The van der Waals surface area contributed by atoms with E-state index in [0.717, 1.165) is 17.8 Å². The molecule has 0 fully saturated rings. The number of amides is 2. The fourth-order valence-electron chi connectivity index (χ4n) is 3.09. The number of pyridine rings is 1. The van der Waals surface area contributed by atoms with Gasteiger partial charge in [0.15, 0.2) is 0 Å². The third kappa shape index (κ3) is 4.63. The van der Waals surface area contributed by atoms with E-state index in [1.807, 2.05) is 4.72 Å². The highest BCUT2D eigenvalue weighted by molar-refractivity contribution is 8.19. The number of alkyl halides is 1. The lowest BCUT2D eigenvalue weighted by molar-refractivity contribution is 0.256. The number of carbonyl (C=O) groups excluding carboxylic acids is 1. The molecule has 2 aromatic carbocycles. The number of hydrogen-bond donors (Lipinski definition) is 2. The molecule has 2 N–H and O–H groups in total. The van der Waals surface area contributed by atoms with Crippen LogP contribution in [0.15, 0.2) is 63.8 Å². The first kappa shape index (κ1) is 22.7. The molecule has 1 atom stereocenters. The highest BCUT2D eigenvalue weighted by Crippen LogP contribution is 2.37. The van der Waals surface area contributed by atoms with E-state index in [0.29, 0.717) is 17.5 Å². The number of thioether (sulfide) groups is 1. The summed E-state index contributed by atoms with van der Waals surface area (Å²) < 4.78 is 40.8. The van der Waals surface area contributed by atoms with Crippen LogP contribution in [0.4, 0.5) is 14.9 Å². The van der Waals surface area contributed by atoms with E-state index in [9.17, 15) is 22.4 Å². The Balaban J connectivity index is 1.55. The number of carbonyl (C=O) groups is 1. The molecule has 3 aromatic rings. The summed E-state index contributed by atoms with van der Waals surface area (Å²) in [5.74, 6) is -0.535. The number of benzene rings is 2. The second kappa shape index (κ2) is 8.78. The van der Waals surface area contributed by atoms with Gasteiger partial charge in [0.1, 0.15) is 10.1 Å². The predicted molar refractivity (Wildman–Crippen MR) is 126 cm³/mol. The first-order chi connectivity index (χ1) is 15.1. The van der Waals surface area contributed by atoms with Gasteiger partial charge in [0.2, 0.25) is 0 Å². The molecule has 7 nitrogen and oxygen atoms in total. The molecule has 0 radical (unpaired) electrons. The Labute approximate surface area is 196 Å². The van der Waals surface area contributed by atoms with Gasteiger partial charge in [-0.1, -0.05) is 35.5 Å². The minimum absolute atomic E-state index is 0.0202. The normalized spacial score (nSPS) is 16.1. The van der Waals surface area contributed by atoms with Crippen LogP contribution < -0.4 is 15.6 Å². The fourth-order valence-corrected chi connectivity index (χ4v) is 6.23. The van der Waals surface area contributed by atoms with Gasteiger partial charge in [-0.15, -0.1) is 11.6 Å². The van der Waals surface area contributed by atoms with Crippen LogP contribution in [-0.2, 0) is 10.0 Å². The number of urea groups is 1. The predicted octanol–water partition coefficient (Wildman–Crippen LogP) is 4.78. The molecule has 166 valence electrons. The number of nitrogens with zero attached hydrogens (tertiary/aromatic N) is 1. The Morgan fingerprint density at radius 1 is 1.19 bits per heavy atom. The van der Waals surface area contributed by atoms with Crippen molar-refractivity contribution >= 4 is 67.5 Å². The molecular formula is C20H14Cl2FN3O4S2. The zero-order valence-corrected chi connectivity index (χ0v) is 19.2. The average molecular weight is 514 g/mol. The third-order valence-corrected chi connectivity index (χ3v) is 8.23. The molecular weight excluding hydrogens is 500 g/mol. The molecule has 0 bridgehead atoms. The number of sulfonamides is 1. The minimum atomic E-state index is -4.03. The maximum absolute atomic E-state index is 13.6. The summed E-state index contributed by atoms with van der Waals surface area (Å²) in [6, 6.07) is 8.88. The van der Waals surface area contributed by atoms with Gasteiger partial charge in [0.25, 0.3) is 15.6 Å². The standard InChI is InChI=1S/C20H14Cl2FN3O4S2/c21-15-10-13(24-20(28)25-32(29,30)18-6-5-17(22)31-18)3-4-16(15)26-8-7-11-1-2-12(23)9-14(11)19(26)27/h1-4,6-10,17H,5H2,(H2,24,25,28). The van der Waals surface area contributed by atoms with Crippen LogP contribution in [0.1, 0.15) is 6.42 Å². The summed E-state index contributed by atoms with van der Waals surface area (Å²) >= 11 is 13.1. The van der Waals surface area contributed by atoms with E-state index in [2.05, 4.69) is 5.32 Å². The fraction of sp³-hybridized carbons (Fsp3) is 0.100. The molecule has 2 amide bonds. The second-order valence-electron chi connectivity index (χ2n) is 6.74. The summed E-state index contributed by atoms with van der Waals surface area (Å²) in [5.41, 5.74) is 0.0464. The summed E-state index contributed by atoms with van der Waals surface area (Å²) in [7, 11) is -4.03. The van der Waals surface area contributed by atoms with Gasteiger partial charge in [-0.25, -0.2) is 22.3 Å². The molecule has 12 heteroatoms. The summed E-state index contributed by atoms with van der Waals surface area (Å²) in [6.45, 7) is 0. The Morgan fingerprint density at radius 2 is 1.97 bits per heavy atom. The van der Waals surface area contributed by atoms with Crippen LogP contribution in [0.2, 0.25) is 5.02 Å². The van der Waals surface area contributed by atoms with Gasteiger partial charge in [-0.05, 0) is 48.2 Å². The number of nitrogens with one attached hydrogen (secondary N) is 2. The van der Waals surface area contributed by atoms with Crippen LogP contribution in [0.3, 0.4) is 0 Å². The van der Waals surface area contributed by atoms with Crippen LogP contribution in [-0.4, -0.2) is 23.7 Å². The van der Waals surface area contributed by atoms with Crippen molar-refractivity contribution in [3.05, 3.63) is 80.2 Å². The zero-order chi connectivity index (χ0) is 23.0. The van der Waals surface area contributed by atoms with Crippen LogP contribution in [0.25, 0.3) is 16.5 Å². The number of rotatable bonds is 4. The van der Waals surface area contributed by atoms with Crippen LogP contribution >= 0.6 is 35.0 Å². The largest absolute Gasteiger partial charge is 0.333 e. The van der Waals surface area contributed by atoms with Crippen molar-refractivity contribution in [2.75, 3.05) is 5.32 Å². The molecule has 1 aliphatic heterocycles. The minimum Gasteiger partial charge on any atom is -0.307 e. The first-order valence-corrected chi connectivity index (χ1v) is 12.3. The number of halogens is 3. The lowest BCUT2D eigenvalue weighted by Crippen LogP contribution is -2.34.